The number of aromatic amines is 2. The smallest absolute Gasteiger partial charge is 0.325 e. The highest BCUT2D eigenvalue weighted by atomic mass is 16.4. The molecule has 0 aromatic carbocycles. The minimum atomic E-state index is -0.588. The maximum Gasteiger partial charge on any atom is 0.325 e. The second-order valence-electron chi connectivity index (χ2n) is 2.17. The van der Waals surface area contributed by atoms with Gasteiger partial charge in [0.2, 0.25) is 0 Å². The first-order valence-electron chi connectivity index (χ1n) is 3.16. The molecule has 3 N–H and O–H groups in total. The van der Waals surface area contributed by atoms with Crippen LogP contribution < -0.4 is 11.2 Å². The summed E-state index contributed by atoms with van der Waals surface area (Å²) < 4.78 is 0. The average Bonchev–Trinajstić information content (AvgIpc) is 2.03. The summed E-state index contributed by atoms with van der Waals surface area (Å²) in [5.74, 6) is 0. The molecule has 0 spiro atoms. The summed E-state index contributed by atoms with van der Waals surface area (Å²) in [7, 11) is 0. The summed E-state index contributed by atoms with van der Waals surface area (Å²) in [6.07, 6.45) is 1.19. The lowest BCUT2D eigenvalue weighted by molar-refractivity contribution is 0.319. The van der Waals surface area contributed by atoms with E-state index < -0.39 is 11.2 Å². The Morgan fingerprint density at radius 2 is 2.25 bits per heavy atom. The first kappa shape index (κ1) is 8.25. The van der Waals surface area contributed by atoms with Crippen molar-refractivity contribution in [1.29, 1.82) is 0 Å². The van der Waals surface area contributed by atoms with Gasteiger partial charge in [-0.1, -0.05) is 5.16 Å². The molecule has 0 unspecified atom stereocenters. The van der Waals surface area contributed by atoms with Gasteiger partial charge < -0.3 is 10.2 Å². The quantitative estimate of drug-likeness (QED) is 0.293. The molecule has 0 amide bonds. The number of hydrogen-bond donors (Lipinski definition) is 3. The molecule has 6 nitrogen and oxygen atoms in total. The summed E-state index contributed by atoms with van der Waals surface area (Å²) >= 11 is 0. The molecule has 64 valence electrons. The standard InChI is InChI=1S/C6H7N3O3/c1-3(9-12)4-2-7-6(11)8-5(4)10/h2,12H,1H3,(H2,7,8,10,11)/b9-3+. The van der Waals surface area contributed by atoms with Gasteiger partial charge in [0.1, 0.15) is 0 Å². The average molecular weight is 169 g/mol. The van der Waals surface area contributed by atoms with Gasteiger partial charge in [-0.25, -0.2) is 4.79 Å². The zero-order chi connectivity index (χ0) is 9.14. The van der Waals surface area contributed by atoms with Crippen LogP contribution in [-0.4, -0.2) is 20.9 Å². The van der Waals surface area contributed by atoms with Gasteiger partial charge in [0.15, 0.2) is 0 Å². The largest absolute Gasteiger partial charge is 0.411 e. The first-order chi connectivity index (χ1) is 5.65. The summed E-state index contributed by atoms with van der Waals surface area (Å²) in [5, 5.41) is 11.1. The maximum atomic E-state index is 11.0. The van der Waals surface area contributed by atoms with E-state index in [0.29, 0.717) is 0 Å². The van der Waals surface area contributed by atoms with E-state index in [1.165, 1.54) is 13.1 Å². The van der Waals surface area contributed by atoms with E-state index in [9.17, 15) is 9.59 Å². The van der Waals surface area contributed by atoms with E-state index in [1.54, 1.807) is 0 Å². The van der Waals surface area contributed by atoms with Crippen molar-refractivity contribution in [1.82, 2.24) is 9.97 Å². The highest BCUT2D eigenvalue weighted by Gasteiger charge is 2.02. The summed E-state index contributed by atoms with van der Waals surface area (Å²) in [5.41, 5.74) is -0.881. The zero-order valence-corrected chi connectivity index (χ0v) is 6.29. The Morgan fingerprint density at radius 3 is 2.75 bits per heavy atom. The molecule has 1 aromatic heterocycles. The van der Waals surface area contributed by atoms with Crippen molar-refractivity contribution >= 4 is 5.71 Å². The Hall–Kier alpha value is -1.85. The fraction of sp³-hybridized carbons (Fsp3) is 0.167. The van der Waals surface area contributed by atoms with Gasteiger partial charge >= 0.3 is 5.69 Å². The second kappa shape index (κ2) is 3.04. The topological polar surface area (TPSA) is 98.3 Å². The Labute approximate surface area is 66.6 Å². The van der Waals surface area contributed by atoms with Gasteiger partial charge in [-0.05, 0) is 6.92 Å². The molecule has 0 aliphatic rings. The van der Waals surface area contributed by atoms with Crippen molar-refractivity contribution < 1.29 is 5.21 Å². The Balaban J connectivity index is 3.38. The van der Waals surface area contributed by atoms with Crippen LogP contribution >= 0.6 is 0 Å². The molecule has 1 heterocycles. The molecular weight excluding hydrogens is 162 g/mol. The molecule has 0 saturated carbocycles. The predicted molar refractivity (Wildman–Crippen MR) is 41.7 cm³/mol. The van der Waals surface area contributed by atoms with Crippen LogP contribution in [0.25, 0.3) is 0 Å². The third-order valence-corrected chi connectivity index (χ3v) is 1.36. The number of oxime groups is 1. The summed E-state index contributed by atoms with van der Waals surface area (Å²) in [4.78, 5) is 25.8. The van der Waals surface area contributed by atoms with Crippen molar-refractivity contribution in [2.45, 2.75) is 6.92 Å². The highest BCUT2D eigenvalue weighted by molar-refractivity contribution is 5.97. The minimum Gasteiger partial charge on any atom is -0.411 e. The van der Waals surface area contributed by atoms with E-state index in [2.05, 4.69) is 10.1 Å². The van der Waals surface area contributed by atoms with Gasteiger partial charge in [-0.15, -0.1) is 0 Å². The number of rotatable bonds is 1. The van der Waals surface area contributed by atoms with Crippen LogP contribution in [0.15, 0.2) is 20.9 Å². The number of nitrogens with one attached hydrogen (secondary N) is 2. The predicted octanol–water partition coefficient (Wildman–Crippen LogP) is -0.739. The van der Waals surface area contributed by atoms with Crippen LogP contribution in [0.3, 0.4) is 0 Å². The number of nitrogens with zero attached hydrogens (tertiary/aromatic N) is 1. The minimum absolute atomic E-state index is 0.136. The fourth-order valence-corrected chi connectivity index (χ4v) is 0.732. The number of aromatic nitrogens is 2. The van der Waals surface area contributed by atoms with E-state index in [4.69, 9.17) is 5.21 Å². The van der Waals surface area contributed by atoms with Crippen LogP contribution in [0.5, 0.6) is 0 Å². The van der Waals surface area contributed by atoms with Gasteiger partial charge in [0.25, 0.3) is 5.56 Å². The molecule has 0 bridgehead atoms. The Morgan fingerprint density at radius 1 is 1.58 bits per heavy atom. The highest BCUT2D eigenvalue weighted by Crippen LogP contribution is 1.87. The lowest BCUT2D eigenvalue weighted by Gasteiger charge is -1.93. The van der Waals surface area contributed by atoms with Crippen molar-refractivity contribution in [2.24, 2.45) is 5.16 Å². The zero-order valence-electron chi connectivity index (χ0n) is 6.29. The molecule has 6 heteroatoms. The molecule has 1 aromatic rings. The molecule has 0 saturated heterocycles. The first-order valence-corrected chi connectivity index (χ1v) is 3.16. The molecule has 0 fully saturated rings. The summed E-state index contributed by atoms with van der Waals surface area (Å²) in [6.45, 7) is 1.45. The van der Waals surface area contributed by atoms with Crippen molar-refractivity contribution in [3.63, 3.8) is 0 Å². The maximum absolute atomic E-state index is 11.0. The van der Waals surface area contributed by atoms with Gasteiger partial charge in [0, 0.05) is 6.20 Å². The molecule has 1 rings (SSSR count). The van der Waals surface area contributed by atoms with E-state index in [0.717, 1.165) is 0 Å². The van der Waals surface area contributed by atoms with E-state index in [1.807, 2.05) is 4.98 Å². The third-order valence-electron chi connectivity index (χ3n) is 1.36. The van der Waals surface area contributed by atoms with Crippen LogP contribution in [0, 0.1) is 0 Å². The van der Waals surface area contributed by atoms with Gasteiger partial charge in [-0.2, -0.15) is 0 Å². The number of hydrogen-bond acceptors (Lipinski definition) is 4. The Kier molecular flexibility index (Phi) is 2.09. The van der Waals surface area contributed by atoms with E-state index >= 15 is 0 Å². The molecule has 0 atom stereocenters. The van der Waals surface area contributed by atoms with Crippen LogP contribution in [0.4, 0.5) is 0 Å². The lowest BCUT2D eigenvalue weighted by Crippen LogP contribution is -2.26. The normalized spacial score (nSPS) is 11.6. The Bertz CT molecular complexity index is 415. The molecule has 0 radical (unpaired) electrons. The van der Waals surface area contributed by atoms with Crippen molar-refractivity contribution in [3.8, 4) is 0 Å². The lowest BCUT2D eigenvalue weighted by atomic mass is 10.2. The molecular formula is C6H7N3O3. The van der Waals surface area contributed by atoms with Crippen LogP contribution in [0.1, 0.15) is 12.5 Å². The van der Waals surface area contributed by atoms with E-state index in [-0.39, 0.29) is 11.3 Å². The molecule has 0 aliphatic carbocycles. The van der Waals surface area contributed by atoms with Crippen molar-refractivity contribution in [2.75, 3.05) is 0 Å². The fourth-order valence-electron chi connectivity index (χ4n) is 0.732. The monoisotopic (exact) mass is 169 g/mol. The molecule has 0 aliphatic heterocycles. The van der Waals surface area contributed by atoms with Crippen LogP contribution in [0.2, 0.25) is 0 Å². The van der Waals surface area contributed by atoms with Gasteiger partial charge in [0.05, 0.1) is 11.3 Å². The second-order valence-corrected chi connectivity index (χ2v) is 2.17. The van der Waals surface area contributed by atoms with Crippen molar-refractivity contribution in [3.05, 3.63) is 32.6 Å². The summed E-state index contributed by atoms with van der Waals surface area (Å²) in [6, 6.07) is 0. The number of H-pyrrole nitrogens is 2. The third kappa shape index (κ3) is 1.42. The van der Waals surface area contributed by atoms with Gasteiger partial charge in [-0.3, -0.25) is 9.78 Å². The SMILES string of the molecule is C/C(=N\O)c1c[nH]c(=O)[nH]c1=O. The molecule has 12 heavy (non-hydrogen) atoms. The van der Waals surface area contributed by atoms with Crippen LogP contribution in [-0.2, 0) is 0 Å².